The second-order valence-corrected chi connectivity index (χ2v) is 9.91. The fraction of sp³-hybridized carbons (Fsp3) is 0.235. The van der Waals surface area contributed by atoms with E-state index in [0.29, 0.717) is 15.3 Å². The van der Waals surface area contributed by atoms with Crippen molar-refractivity contribution in [2.45, 2.75) is 11.0 Å². The van der Waals surface area contributed by atoms with E-state index in [1.807, 2.05) is 52.5 Å². The third-order valence-corrected chi connectivity index (χ3v) is 8.27. The predicted molar refractivity (Wildman–Crippen MR) is 110 cm³/mol. The molecule has 128 valence electrons. The van der Waals surface area contributed by atoms with Gasteiger partial charge in [-0.15, -0.1) is 33.7 Å². The lowest BCUT2D eigenvalue weighted by Gasteiger charge is -2.21. The van der Waals surface area contributed by atoms with E-state index in [-0.39, 0.29) is 5.91 Å². The van der Waals surface area contributed by atoms with Gasteiger partial charge < -0.3 is 0 Å². The number of thiophene rings is 1. The number of amides is 1. The van der Waals surface area contributed by atoms with Crippen molar-refractivity contribution in [2.75, 3.05) is 16.8 Å². The SMILES string of the molecule is O=C(Nc1nnc(-c2ccsc2)s1)c1ccc(C2SCCCS2)cc1. The molecule has 1 saturated heterocycles. The van der Waals surface area contributed by atoms with Crippen LogP contribution in [0.15, 0.2) is 41.1 Å². The van der Waals surface area contributed by atoms with Crippen molar-refractivity contribution in [3.05, 3.63) is 52.2 Å². The Bertz CT molecular complexity index is 839. The van der Waals surface area contributed by atoms with Gasteiger partial charge >= 0.3 is 0 Å². The molecule has 0 bridgehead atoms. The molecule has 2 aromatic heterocycles. The molecule has 1 N–H and O–H groups in total. The number of hydrogen-bond acceptors (Lipinski definition) is 7. The first-order valence-corrected chi connectivity index (χ1v) is 11.7. The van der Waals surface area contributed by atoms with Crippen molar-refractivity contribution in [2.24, 2.45) is 0 Å². The molecular formula is C17H15N3OS4. The molecule has 0 saturated carbocycles. The summed E-state index contributed by atoms with van der Waals surface area (Å²) in [6.07, 6.45) is 1.28. The molecule has 4 nitrogen and oxygen atoms in total. The minimum atomic E-state index is -0.150. The second-order valence-electron chi connectivity index (χ2n) is 5.43. The van der Waals surface area contributed by atoms with Crippen LogP contribution in [-0.4, -0.2) is 27.6 Å². The van der Waals surface area contributed by atoms with E-state index in [4.69, 9.17) is 0 Å². The van der Waals surface area contributed by atoms with Gasteiger partial charge in [0.25, 0.3) is 5.91 Å². The molecule has 0 atom stereocenters. The molecule has 1 aromatic carbocycles. The summed E-state index contributed by atoms with van der Waals surface area (Å²) in [6, 6.07) is 9.89. The lowest BCUT2D eigenvalue weighted by molar-refractivity contribution is 0.102. The molecule has 3 aromatic rings. The van der Waals surface area contributed by atoms with Gasteiger partial charge in [-0.25, -0.2) is 0 Å². The molecule has 1 aliphatic heterocycles. The van der Waals surface area contributed by atoms with Crippen LogP contribution in [0.4, 0.5) is 5.13 Å². The highest BCUT2D eigenvalue weighted by molar-refractivity contribution is 8.16. The van der Waals surface area contributed by atoms with Gasteiger partial charge in [-0.2, -0.15) is 11.3 Å². The number of carbonyl (C=O) groups excluding carboxylic acids is 1. The maximum absolute atomic E-state index is 12.4. The minimum Gasteiger partial charge on any atom is -0.296 e. The number of anilines is 1. The van der Waals surface area contributed by atoms with Gasteiger partial charge in [0.2, 0.25) is 5.13 Å². The van der Waals surface area contributed by atoms with Crippen molar-refractivity contribution in [1.82, 2.24) is 10.2 Å². The van der Waals surface area contributed by atoms with E-state index in [1.54, 1.807) is 11.3 Å². The summed E-state index contributed by atoms with van der Waals surface area (Å²) in [7, 11) is 0. The first kappa shape index (κ1) is 17.1. The number of aromatic nitrogens is 2. The molecule has 0 radical (unpaired) electrons. The van der Waals surface area contributed by atoms with E-state index in [2.05, 4.69) is 27.6 Å². The van der Waals surface area contributed by atoms with Crippen LogP contribution in [0.2, 0.25) is 0 Å². The maximum Gasteiger partial charge on any atom is 0.257 e. The van der Waals surface area contributed by atoms with Crippen LogP contribution in [0.3, 0.4) is 0 Å². The molecule has 0 unspecified atom stereocenters. The Balaban J connectivity index is 1.42. The molecule has 1 aliphatic rings. The number of thioether (sulfide) groups is 2. The number of carbonyl (C=O) groups is 1. The highest BCUT2D eigenvalue weighted by Crippen LogP contribution is 2.43. The third-order valence-electron chi connectivity index (χ3n) is 3.69. The number of hydrogen-bond donors (Lipinski definition) is 1. The zero-order valence-corrected chi connectivity index (χ0v) is 16.4. The second kappa shape index (κ2) is 7.90. The summed E-state index contributed by atoms with van der Waals surface area (Å²) in [5.74, 6) is 2.27. The van der Waals surface area contributed by atoms with Crippen molar-refractivity contribution < 1.29 is 4.79 Å². The topological polar surface area (TPSA) is 54.9 Å². The number of benzene rings is 1. The fourth-order valence-electron chi connectivity index (χ4n) is 2.42. The molecule has 3 heterocycles. The van der Waals surface area contributed by atoms with Crippen LogP contribution in [0.1, 0.15) is 26.9 Å². The largest absolute Gasteiger partial charge is 0.296 e. The lowest BCUT2D eigenvalue weighted by atomic mass is 10.1. The smallest absolute Gasteiger partial charge is 0.257 e. The van der Waals surface area contributed by atoms with Crippen LogP contribution >= 0.6 is 46.2 Å². The van der Waals surface area contributed by atoms with Crippen molar-refractivity contribution >= 4 is 57.2 Å². The molecule has 4 rings (SSSR count). The highest BCUT2D eigenvalue weighted by Gasteiger charge is 2.17. The highest BCUT2D eigenvalue weighted by atomic mass is 32.2. The summed E-state index contributed by atoms with van der Waals surface area (Å²) in [5.41, 5.74) is 2.96. The first-order valence-electron chi connectivity index (χ1n) is 7.80. The van der Waals surface area contributed by atoms with Crippen LogP contribution in [-0.2, 0) is 0 Å². The lowest BCUT2D eigenvalue weighted by Crippen LogP contribution is -2.11. The zero-order valence-electron chi connectivity index (χ0n) is 13.2. The summed E-state index contributed by atoms with van der Waals surface area (Å²) in [6.45, 7) is 0. The van der Waals surface area contributed by atoms with Gasteiger partial charge in [0.15, 0.2) is 0 Å². The summed E-state index contributed by atoms with van der Waals surface area (Å²) >= 11 is 6.96. The molecule has 1 amide bonds. The van der Waals surface area contributed by atoms with Crippen molar-refractivity contribution in [1.29, 1.82) is 0 Å². The van der Waals surface area contributed by atoms with Crippen LogP contribution in [0, 0.1) is 0 Å². The van der Waals surface area contributed by atoms with E-state index in [9.17, 15) is 4.79 Å². The Morgan fingerprint density at radius 2 is 1.88 bits per heavy atom. The summed E-state index contributed by atoms with van der Waals surface area (Å²) in [5, 5.41) is 16.4. The quantitative estimate of drug-likeness (QED) is 0.631. The Labute approximate surface area is 162 Å². The van der Waals surface area contributed by atoms with Gasteiger partial charge in [-0.05, 0) is 47.1 Å². The summed E-state index contributed by atoms with van der Waals surface area (Å²) in [4.78, 5) is 12.4. The number of nitrogens with zero attached hydrogens (tertiary/aromatic N) is 2. The number of rotatable bonds is 4. The Hall–Kier alpha value is -1.35. The average molecular weight is 406 g/mol. The Morgan fingerprint density at radius 3 is 2.60 bits per heavy atom. The van der Waals surface area contributed by atoms with E-state index in [0.717, 1.165) is 10.6 Å². The monoisotopic (exact) mass is 405 g/mol. The molecule has 8 heteroatoms. The van der Waals surface area contributed by atoms with Gasteiger partial charge in [0, 0.05) is 16.5 Å². The van der Waals surface area contributed by atoms with Gasteiger partial charge in [0.05, 0.1) is 4.58 Å². The molecule has 25 heavy (non-hydrogen) atoms. The van der Waals surface area contributed by atoms with E-state index < -0.39 is 0 Å². The van der Waals surface area contributed by atoms with Crippen molar-refractivity contribution in [3.63, 3.8) is 0 Å². The fourth-order valence-corrected chi connectivity index (χ4v) is 6.76. The standard InChI is InChI=1S/C17H15N3OS4/c21-14(18-17-20-19-15(25-17)13-6-9-22-10-13)11-2-4-12(5-3-11)16-23-7-1-8-24-16/h2-6,9-10,16H,1,7-8H2,(H,18,20,21). The first-order chi connectivity index (χ1) is 12.3. The third kappa shape index (κ3) is 4.08. The maximum atomic E-state index is 12.4. The molecule has 1 fully saturated rings. The Morgan fingerprint density at radius 1 is 1.08 bits per heavy atom. The van der Waals surface area contributed by atoms with E-state index >= 15 is 0 Å². The average Bonchev–Trinajstić information content (AvgIpc) is 3.34. The predicted octanol–water partition coefficient (Wildman–Crippen LogP) is 5.39. The minimum absolute atomic E-state index is 0.150. The molecule has 0 spiro atoms. The van der Waals surface area contributed by atoms with Gasteiger partial charge in [-0.3, -0.25) is 10.1 Å². The summed E-state index contributed by atoms with van der Waals surface area (Å²) < 4.78 is 0.488. The number of nitrogens with one attached hydrogen (secondary N) is 1. The van der Waals surface area contributed by atoms with Gasteiger partial charge in [0.1, 0.15) is 5.01 Å². The van der Waals surface area contributed by atoms with Crippen LogP contribution in [0.25, 0.3) is 10.6 Å². The van der Waals surface area contributed by atoms with Crippen LogP contribution < -0.4 is 5.32 Å². The van der Waals surface area contributed by atoms with Crippen LogP contribution in [0.5, 0.6) is 0 Å². The van der Waals surface area contributed by atoms with Crippen molar-refractivity contribution in [3.8, 4) is 10.6 Å². The Kier molecular flexibility index (Phi) is 5.40. The molecular weight excluding hydrogens is 390 g/mol. The van der Waals surface area contributed by atoms with Gasteiger partial charge in [-0.1, -0.05) is 23.5 Å². The normalized spacial score (nSPS) is 15.2. The zero-order chi connectivity index (χ0) is 17.1. The van der Waals surface area contributed by atoms with E-state index in [1.165, 1.54) is 34.8 Å². The molecule has 0 aliphatic carbocycles.